The fraction of sp³-hybridized carbons (Fsp3) is 0.0833. The molecular weight excluding hydrogens is 204 g/mol. The van der Waals surface area contributed by atoms with Gasteiger partial charge in [0.05, 0.1) is 0 Å². The third-order valence-corrected chi connectivity index (χ3v) is 2.85. The predicted molar refractivity (Wildman–Crippen MR) is 59.9 cm³/mol. The van der Waals surface area contributed by atoms with Crippen molar-refractivity contribution >= 4 is 11.8 Å². The largest absolute Gasteiger partial charge is 0.464 e. The highest BCUT2D eigenvalue weighted by Gasteiger charge is 2.28. The van der Waals surface area contributed by atoms with Crippen LogP contribution in [0.4, 0.5) is 10.5 Å². The number of nitrogens with zero attached hydrogens (tertiary/aromatic N) is 1. The molecule has 2 aliphatic heterocycles. The summed E-state index contributed by atoms with van der Waals surface area (Å²) in [5.74, 6) is 0.159. The first-order chi connectivity index (χ1) is 7.75. The van der Waals surface area contributed by atoms with E-state index in [9.17, 15) is 4.79 Å². The fourth-order valence-corrected chi connectivity index (χ4v) is 2.09. The second-order valence-electron chi connectivity index (χ2n) is 3.81. The van der Waals surface area contributed by atoms with Crippen LogP contribution < -0.4 is 5.32 Å². The number of hydrogen-bond acceptors (Lipinski definition) is 2. The monoisotopic (exact) mass is 214 g/mol. The van der Waals surface area contributed by atoms with Crippen LogP contribution in [0.25, 0.3) is 0 Å². The van der Waals surface area contributed by atoms with E-state index in [-0.39, 0.29) is 5.92 Å². The van der Waals surface area contributed by atoms with Crippen molar-refractivity contribution in [1.29, 1.82) is 0 Å². The number of carboxylic acid groups (broad SMARTS) is 1. The third kappa shape index (κ3) is 1.20. The van der Waals surface area contributed by atoms with Crippen molar-refractivity contribution in [1.82, 2.24) is 4.90 Å². The standard InChI is InChI=1S/C12H10N2O2/c15-12(16)14-6-5-9-8-3-1-2-4-10(8)13-11(9)7-14/h1-7,9,13H,(H,15,16). The minimum atomic E-state index is -0.972. The SMILES string of the molecule is O=C(O)N1C=CC2C(=C1)Nc1ccccc12. The van der Waals surface area contributed by atoms with Gasteiger partial charge in [-0.2, -0.15) is 0 Å². The average Bonchev–Trinajstić information content (AvgIpc) is 2.66. The molecule has 1 atom stereocenters. The second kappa shape index (κ2) is 3.13. The number of amides is 1. The molecule has 80 valence electrons. The summed E-state index contributed by atoms with van der Waals surface area (Å²) in [7, 11) is 0. The molecule has 4 nitrogen and oxygen atoms in total. The highest BCUT2D eigenvalue weighted by Crippen LogP contribution is 2.40. The molecule has 0 aliphatic carbocycles. The molecule has 2 aliphatic rings. The van der Waals surface area contributed by atoms with Crippen molar-refractivity contribution in [2.24, 2.45) is 0 Å². The van der Waals surface area contributed by atoms with Crippen LogP contribution in [0.5, 0.6) is 0 Å². The van der Waals surface area contributed by atoms with E-state index in [1.807, 2.05) is 24.3 Å². The van der Waals surface area contributed by atoms with Crippen LogP contribution in [-0.4, -0.2) is 16.1 Å². The van der Waals surface area contributed by atoms with Gasteiger partial charge in [0.15, 0.2) is 0 Å². The molecule has 1 unspecified atom stereocenters. The van der Waals surface area contributed by atoms with Gasteiger partial charge in [-0.25, -0.2) is 4.79 Å². The number of para-hydroxylation sites is 1. The fourth-order valence-electron chi connectivity index (χ4n) is 2.09. The Kier molecular flexibility index (Phi) is 1.77. The van der Waals surface area contributed by atoms with Crippen LogP contribution >= 0.6 is 0 Å². The average molecular weight is 214 g/mol. The van der Waals surface area contributed by atoms with Gasteiger partial charge in [-0.3, -0.25) is 4.90 Å². The molecule has 1 amide bonds. The quantitative estimate of drug-likeness (QED) is 0.697. The van der Waals surface area contributed by atoms with Gasteiger partial charge < -0.3 is 10.4 Å². The third-order valence-electron chi connectivity index (χ3n) is 2.85. The van der Waals surface area contributed by atoms with Gasteiger partial charge in [0.25, 0.3) is 0 Å². The first kappa shape index (κ1) is 9.03. The summed E-state index contributed by atoms with van der Waals surface area (Å²) in [6, 6.07) is 7.99. The molecule has 1 aromatic carbocycles. The zero-order chi connectivity index (χ0) is 11.1. The molecule has 0 bridgehead atoms. The lowest BCUT2D eigenvalue weighted by Crippen LogP contribution is -2.22. The van der Waals surface area contributed by atoms with E-state index < -0.39 is 6.09 Å². The summed E-state index contributed by atoms with van der Waals surface area (Å²) in [6.45, 7) is 0. The molecule has 0 saturated carbocycles. The molecular formula is C12H10N2O2. The van der Waals surface area contributed by atoms with E-state index in [2.05, 4.69) is 11.4 Å². The number of benzene rings is 1. The number of allylic oxidation sites excluding steroid dienone is 1. The Labute approximate surface area is 92.5 Å². The Balaban J connectivity index is 2.02. The van der Waals surface area contributed by atoms with Gasteiger partial charge in [-0.15, -0.1) is 0 Å². The summed E-state index contributed by atoms with van der Waals surface area (Å²) in [5, 5.41) is 12.1. The summed E-state index contributed by atoms with van der Waals surface area (Å²) < 4.78 is 0. The van der Waals surface area contributed by atoms with Crippen LogP contribution in [0.3, 0.4) is 0 Å². The van der Waals surface area contributed by atoms with Crippen molar-refractivity contribution in [2.45, 2.75) is 5.92 Å². The Hall–Kier alpha value is -2.23. The first-order valence-electron chi connectivity index (χ1n) is 5.03. The lowest BCUT2D eigenvalue weighted by Gasteiger charge is -2.18. The molecule has 0 aromatic heterocycles. The van der Waals surface area contributed by atoms with Crippen molar-refractivity contribution in [3.63, 3.8) is 0 Å². The number of hydrogen-bond donors (Lipinski definition) is 2. The molecule has 4 heteroatoms. The topological polar surface area (TPSA) is 52.6 Å². The van der Waals surface area contributed by atoms with E-state index in [4.69, 9.17) is 5.11 Å². The van der Waals surface area contributed by atoms with E-state index in [1.165, 1.54) is 5.56 Å². The molecule has 0 spiro atoms. The lowest BCUT2D eigenvalue weighted by molar-refractivity contribution is 0.174. The van der Waals surface area contributed by atoms with E-state index >= 15 is 0 Å². The Morgan fingerprint density at radius 3 is 3.00 bits per heavy atom. The number of nitrogens with one attached hydrogen (secondary N) is 1. The van der Waals surface area contributed by atoms with Crippen molar-refractivity contribution in [2.75, 3.05) is 5.32 Å². The predicted octanol–water partition coefficient (Wildman–Crippen LogP) is 2.54. The number of anilines is 1. The normalized spacial score (nSPS) is 20.9. The molecule has 0 saturated heterocycles. The zero-order valence-electron chi connectivity index (χ0n) is 8.42. The van der Waals surface area contributed by atoms with Crippen LogP contribution in [-0.2, 0) is 0 Å². The minimum absolute atomic E-state index is 0.159. The van der Waals surface area contributed by atoms with Gasteiger partial charge in [0.1, 0.15) is 0 Å². The molecule has 2 N–H and O–H groups in total. The number of fused-ring (bicyclic) bond motifs is 3. The maximum absolute atomic E-state index is 10.8. The van der Waals surface area contributed by atoms with Gasteiger partial charge in [0.2, 0.25) is 0 Å². The Morgan fingerprint density at radius 1 is 1.38 bits per heavy atom. The minimum Gasteiger partial charge on any atom is -0.464 e. The highest BCUT2D eigenvalue weighted by atomic mass is 16.4. The maximum atomic E-state index is 10.8. The summed E-state index contributed by atoms with van der Waals surface area (Å²) >= 11 is 0. The van der Waals surface area contributed by atoms with Crippen molar-refractivity contribution < 1.29 is 9.90 Å². The van der Waals surface area contributed by atoms with E-state index in [1.54, 1.807) is 12.4 Å². The first-order valence-corrected chi connectivity index (χ1v) is 5.03. The van der Waals surface area contributed by atoms with Gasteiger partial charge in [0, 0.05) is 29.7 Å². The van der Waals surface area contributed by atoms with Crippen LogP contribution in [0.15, 0.2) is 48.4 Å². The molecule has 1 aromatic rings. The van der Waals surface area contributed by atoms with Gasteiger partial charge >= 0.3 is 6.09 Å². The molecule has 2 heterocycles. The van der Waals surface area contributed by atoms with Gasteiger partial charge in [-0.1, -0.05) is 24.3 Å². The Morgan fingerprint density at radius 2 is 2.19 bits per heavy atom. The lowest BCUT2D eigenvalue weighted by atomic mass is 9.98. The summed E-state index contributed by atoms with van der Waals surface area (Å²) in [5.41, 5.74) is 3.15. The summed E-state index contributed by atoms with van der Waals surface area (Å²) in [6.07, 6.45) is 4.12. The molecule has 0 radical (unpaired) electrons. The van der Waals surface area contributed by atoms with Crippen molar-refractivity contribution in [3.8, 4) is 0 Å². The Bertz CT molecular complexity index is 520. The highest BCUT2D eigenvalue weighted by molar-refractivity contribution is 5.72. The van der Waals surface area contributed by atoms with Gasteiger partial charge in [-0.05, 0) is 11.6 Å². The molecule has 16 heavy (non-hydrogen) atoms. The van der Waals surface area contributed by atoms with Crippen LogP contribution in [0.1, 0.15) is 11.5 Å². The number of rotatable bonds is 0. The van der Waals surface area contributed by atoms with Crippen LogP contribution in [0, 0.1) is 0 Å². The van der Waals surface area contributed by atoms with E-state index in [0.29, 0.717) is 0 Å². The summed E-state index contributed by atoms with van der Waals surface area (Å²) in [4.78, 5) is 12.0. The number of carbonyl (C=O) groups is 1. The van der Waals surface area contributed by atoms with E-state index in [0.717, 1.165) is 16.3 Å². The second-order valence-corrected chi connectivity index (χ2v) is 3.81. The van der Waals surface area contributed by atoms with Crippen molar-refractivity contribution in [3.05, 3.63) is 54.0 Å². The smallest absolute Gasteiger partial charge is 0.415 e. The molecule has 3 rings (SSSR count). The van der Waals surface area contributed by atoms with Crippen LogP contribution in [0.2, 0.25) is 0 Å². The zero-order valence-corrected chi connectivity index (χ0v) is 8.42. The molecule has 0 fully saturated rings. The maximum Gasteiger partial charge on any atom is 0.415 e.